The molecule has 2 heterocycles. The molecule has 0 spiro atoms. The van der Waals surface area contributed by atoms with Gasteiger partial charge in [-0.3, -0.25) is 9.59 Å². The van der Waals surface area contributed by atoms with Crippen molar-refractivity contribution in [2.75, 3.05) is 11.1 Å². The number of ketones is 1. The van der Waals surface area contributed by atoms with Crippen LogP contribution in [-0.2, 0) is 16.0 Å². The van der Waals surface area contributed by atoms with Crippen molar-refractivity contribution in [2.24, 2.45) is 0 Å². The van der Waals surface area contributed by atoms with E-state index in [2.05, 4.69) is 23.6 Å². The lowest BCUT2D eigenvalue weighted by Gasteiger charge is -2.32. The number of thioether (sulfide) groups is 1. The lowest BCUT2D eigenvalue weighted by atomic mass is 9.79. The number of nitriles is 1. The number of thiophene rings is 1. The van der Waals surface area contributed by atoms with Crippen LogP contribution in [0.4, 0.5) is 5.69 Å². The van der Waals surface area contributed by atoms with Gasteiger partial charge < -0.3 is 10.6 Å². The summed E-state index contributed by atoms with van der Waals surface area (Å²) in [6.45, 7) is 2.09. The van der Waals surface area contributed by atoms with Crippen LogP contribution in [0, 0.1) is 11.3 Å². The van der Waals surface area contributed by atoms with Gasteiger partial charge in [0.15, 0.2) is 5.78 Å². The highest BCUT2D eigenvalue weighted by Crippen LogP contribution is 2.45. The zero-order valence-electron chi connectivity index (χ0n) is 17.2. The van der Waals surface area contributed by atoms with Crippen molar-refractivity contribution in [1.29, 1.82) is 5.26 Å². The van der Waals surface area contributed by atoms with Gasteiger partial charge in [0.25, 0.3) is 0 Å². The molecule has 1 atom stereocenters. The molecule has 1 aliphatic heterocycles. The van der Waals surface area contributed by atoms with Gasteiger partial charge in [-0.25, -0.2) is 0 Å². The molecule has 1 aliphatic carbocycles. The van der Waals surface area contributed by atoms with Crippen LogP contribution >= 0.6 is 23.1 Å². The van der Waals surface area contributed by atoms with Gasteiger partial charge in [-0.15, -0.1) is 11.3 Å². The molecule has 0 saturated heterocycles. The predicted molar refractivity (Wildman–Crippen MR) is 126 cm³/mol. The quantitative estimate of drug-likeness (QED) is 0.640. The maximum atomic E-state index is 12.7. The van der Waals surface area contributed by atoms with Crippen molar-refractivity contribution in [3.05, 3.63) is 74.1 Å². The number of nitrogens with one attached hydrogen (secondary N) is 2. The minimum absolute atomic E-state index is 0.109. The zero-order chi connectivity index (χ0) is 21.8. The van der Waals surface area contributed by atoms with Crippen LogP contribution in [0.25, 0.3) is 0 Å². The summed E-state index contributed by atoms with van der Waals surface area (Å²) in [6.07, 6.45) is 3.05. The molecule has 2 aliphatic rings. The van der Waals surface area contributed by atoms with Crippen LogP contribution in [0.5, 0.6) is 0 Å². The Morgan fingerprint density at radius 2 is 2.10 bits per heavy atom. The molecule has 2 N–H and O–H groups in total. The summed E-state index contributed by atoms with van der Waals surface area (Å²) < 4.78 is 0. The van der Waals surface area contributed by atoms with E-state index in [4.69, 9.17) is 0 Å². The molecule has 4 rings (SSSR count). The molecule has 2 aromatic rings. The summed E-state index contributed by atoms with van der Waals surface area (Å²) in [5.74, 6) is -0.192. The largest absolute Gasteiger partial charge is 0.352 e. The summed E-state index contributed by atoms with van der Waals surface area (Å²) in [5, 5.41) is 18.8. The number of anilines is 1. The number of allylic oxidation sites excluding steroid dienone is 3. The number of hydrogen-bond acceptors (Lipinski definition) is 6. The average Bonchev–Trinajstić information content (AvgIpc) is 3.32. The SMILES string of the molecule is CCc1ccc(NC(=O)CSC2=C(C#N)[C@@H](c3cccs3)C3=C(CCCC3=O)N2)cc1. The van der Waals surface area contributed by atoms with Crippen molar-refractivity contribution in [3.63, 3.8) is 0 Å². The van der Waals surface area contributed by atoms with Gasteiger partial charge in [0, 0.05) is 28.3 Å². The van der Waals surface area contributed by atoms with Crippen LogP contribution in [0.2, 0.25) is 0 Å². The zero-order valence-corrected chi connectivity index (χ0v) is 18.9. The first-order valence-electron chi connectivity index (χ1n) is 10.3. The van der Waals surface area contributed by atoms with Crippen LogP contribution in [-0.4, -0.2) is 17.4 Å². The van der Waals surface area contributed by atoms with E-state index < -0.39 is 0 Å². The summed E-state index contributed by atoms with van der Waals surface area (Å²) in [4.78, 5) is 26.2. The molecule has 0 fully saturated rings. The molecule has 158 valence electrons. The summed E-state index contributed by atoms with van der Waals surface area (Å²) in [5.41, 5.74) is 4.10. The molecule has 5 nitrogen and oxygen atoms in total. The van der Waals surface area contributed by atoms with Gasteiger partial charge in [0.05, 0.1) is 28.3 Å². The van der Waals surface area contributed by atoms with E-state index in [1.807, 2.05) is 41.8 Å². The molecule has 1 amide bonds. The van der Waals surface area contributed by atoms with Crippen LogP contribution < -0.4 is 10.6 Å². The minimum atomic E-state index is -0.346. The third-order valence-corrected chi connectivity index (χ3v) is 7.44. The fourth-order valence-electron chi connectivity index (χ4n) is 3.94. The summed E-state index contributed by atoms with van der Waals surface area (Å²) in [7, 11) is 0. The van der Waals surface area contributed by atoms with Crippen molar-refractivity contribution in [2.45, 2.75) is 38.5 Å². The van der Waals surface area contributed by atoms with Crippen molar-refractivity contribution >= 4 is 40.5 Å². The summed E-state index contributed by atoms with van der Waals surface area (Å²) >= 11 is 2.87. The highest BCUT2D eigenvalue weighted by Gasteiger charge is 2.37. The van der Waals surface area contributed by atoms with Crippen LogP contribution in [0.15, 0.2) is 63.7 Å². The fraction of sp³-hybridized carbons (Fsp3) is 0.292. The Bertz CT molecular complexity index is 1090. The predicted octanol–water partition coefficient (Wildman–Crippen LogP) is 5.11. The van der Waals surface area contributed by atoms with E-state index in [0.29, 0.717) is 17.0 Å². The third kappa shape index (κ3) is 4.60. The number of benzene rings is 1. The maximum Gasteiger partial charge on any atom is 0.234 e. The Morgan fingerprint density at radius 1 is 1.29 bits per heavy atom. The highest BCUT2D eigenvalue weighted by atomic mass is 32.2. The number of hydrogen-bond donors (Lipinski definition) is 2. The van der Waals surface area contributed by atoms with Crippen molar-refractivity contribution in [3.8, 4) is 6.07 Å². The molecule has 7 heteroatoms. The fourth-order valence-corrected chi connectivity index (χ4v) is 5.64. The topological polar surface area (TPSA) is 82.0 Å². The lowest BCUT2D eigenvalue weighted by Crippen LogP contribution is -2.31. The number of nitrogens with zero attached hydrogens (tertiary/aromatic N) is 1. The van der Waals surface area contributed by atoms with Gasteiger partial charge in [0.1, 0.15) is 0 Å². The van der Waals surface area contributed by atoms with Gasteiger partial charge in [0.2, 0.25) is 5.91 Å². The van der Waals surface area contributed by atoms with Crippen molar-refractivity contribution in [1.82, 2.24) is 5.32 Å². The number of aryl methyl sites for hydroxylation is 1. The Kier molecular flexibility index (Phi) is 6.59. The monoisotopic (exact) mass is 449 g/mol. The number of carbonyl (C=O) groups is 2. The van der Waals surface area contributed by atoms with Gasteiger partial charge in [-0.1, -0.05) is 36.9 Å². The molecular formula is C24H23N3O2S2. The van der Waals surface area contributed by atoms with Crippen molar-refractivity contribution < 1.29 is 9.59 Å². The second-order valence-corrected chi connectivity index (χ2v) is 9.45. The normalized spacial score (nSPS) is 18.3. The van der Waals surface area contributed by atoms with Gasteiger partial charge in [-0.05, 0) is 48.4 Å². The molecule has 1 aromatic carbocycles. The van der Waals surface area contributed by atoms with E-state index in [1.54, 1.807) is 11.3 Å². The van der Waals surface area contributed by atoms with Crippen LogP contribution in [0.3, 0.4) is 0 Å². The van der Waals surface area contributed by atoms with Crippen LogP contribution in [0.1, 0.15) is 42.5 Å². The second-order valence-electron chi connectivity index (χ2n) is 7.48. The van der Waals surface area contributed by atoms with E-state index in [-0.39, 0.29) is 23.4 Å². The van der Waals surface area contributed by atoms with Gasteiger partial charge >= 0.3 is 0 Å². The third-order valence-electron chi connectivity index (χ3n) is 5.48. The Labute approximate surface area is 190 Å². The average molecular weight is 450 g/mol. The number of Topliss-reactive ketones (excluding diaryl/α,β-unsaturated/α-hetero) is 1. The molecule has 0 radical (unpaired) electrons. The lowest BCUT2D eigenvalue weighted by molar-refractivity contribution is -0.116. The first kappa shape index (κ1) is 21.4. The van der Waals surface area contributed by atoms with E-state index in [9.17, 15) is 14.9 Å². The minimum Gasteiger partial charge on any atom is -0.352 e. The summed E-state index contributed by atoms with van der Waals surface area (Å²) in [6, 6.07) is 14.0. The number of rotatable bonds is 6. The van der Waals surface area contributed by atoms with E-state index in [0.717, 1.165) is 41.1 Å². The first-order valence-corrected chi connectivity index (χ1v) is 12.2. The van der Waals surface area contributed by atoms with E-state index >= 15 is 0 Å². The number of carbonyl (C=O) groups excluding carboxylic acids is 2. The molecule has 1 aromatic heterocycles. The standard InChI is InChI=1S/C24H23N3O2S2/c1-2-15-8-10-16(11-9-15)26-21(29)14-31-24-17(13-25)22(20-7-4-12-30-20)23-18(27-24)5-3-6-19(23)28/h4,7-12,22,27H,2-3,5-6,14H2,1H3,(H,26,29)/t22-/m0/s1. The molecular weight excluding hydrogens is 426 g/mol. The molecule has 0 unspecified atom stereocenters. The highest BCUT2D eigenvalue weighted by molar-refractivity contribution is 8.03. The maximum absolute atomic E-state index is 12.7. The second kappa shape index (κ2) is 9.54. The number of amides is 1. The Morgan fingerprint density at radius 3 is 2.77 bits per heavy atom. The Balaban J connectivity index is 1.54. The Hall–Kier alpha value is -2.82. The molecule has 0 saturated carbocycles. The first-order chi connectivity index (χ1) is 15.1. The molecule has 0 bridgehead atoms. The number of dihydropyridines is 1. The van der Waals surface area contributed by atoms with Gasteiger partial charge in [-0.2, -0.15) is 5.26 Å². The molecule has 31 heavy (non-hydrogen) atoms. The smallest absolute Gasteiger partial charge is 0.234 e. The van der Waals surface area contributed by atoms with E-state index in [1.165, 1.54) is 17.3 Å².